The number of nitrogens with one attached hydrogen (secondary N) is 3. The molecule has 0 atom stereocenters. The lowest BCUT2D eigenvalue weighted by Gasteiger charge is -2.10. The summed E-state index contributed by atoms with van der Waals surface area (Å²) < 4.78 is 0. The number of benzene rings is 1. The summed E-state index contributed by atoms with van der Waals surface area (Å²) >= 11 is 0. The Morgan fingerprint density at radius 2 is 1.50 bits per heavy atom. The first kappa shape index (κ1) is 14.0. The van der Waals surface area contributed by atoms with Crippen molar-refractivity contribution in [1.29, 1.82) is 0 Å². The van der Waals surface area contributed by atoms with Gasteiger partial charge in [0.2, 0.25) is 17.8 Å². The van der Waals surface area contributed by atoms with Gasteiger partial charge in [-0.1, -0.05) is 12.1 Å². The minimum absolute atomic E-state index is 0.525. The maximum Gasteiger partial charge on any atom is 0.233 e. The summed E-state index contributed by atoms with van der Waals surface area (Å²) in [6.45, 7) is 7.58. The van der Waals surface area contributed by atoms with Crippen LogP contribution in [0.15, 0.2) is 24.3 Å². The fourth-order valence-corrected chi connectivity index (χ4v) is 1.76. The van der Waals surface area contributed by atoms with Gasteiger partial charge in [0.05, 0.1) is 0 Å². The van der Waals surface area contributed by atoms with Crippen molar-refractivity contribution in [2.45, 2.75) is 20.8 Å². The first-order valence-electron chi connectivity index (χ1n) is 6.78. The highest BCUT2D eigenvalue weighted by Crippen LogP contribution is 2.16. The van der Waals surface area contributed by atoms with Gasteiger partial charge in [-0.15, -0.1) is 0 Å². The fourth-order valence-electron chi connectivity index (χ4n) is 1.76. The Kier molecular flexibility index (Phi) is 4.70. The Hall–Kier alpha value is -2.37. The van der Waals surface area contributed by atoms with Crippen LogP contribution in [0.1, 0.15) is 19.4 Å². The lowest BCUT2D eigenvalue weighted by molar-refractivity contribution is 1.00. The van der Waals surface area contributed by atoms with Gasteiger partial charge in [-0.05, 0) is 38.5 Å². The van der Waals surface area contributed by atoms with E-state index in [1.165, 1.54) is 5.56 Å². The van der Waals surface area contributed by atoms with E-state index in [-0.39, 0.29) is 0 Å². The van der Waals surface area contributed by atoms with Crippen molar-refractivity contribution in [2.75, 3.05) is 29.0 Å². The zero-order valence-electron chi connectivity index (χ0n) is 12.1. The Morgan fingerprint density at radius 1 is 0.900 bits per heavy atom. The molecule has 0 aliphatic heterocycles. The van der Waals surface area contributed by atoms with Crippen molar-refractivity contribution in [1.82, 2.24) is 15.0 Å². The van der Waals surface area contributed by atoms with E-state index in [1.54, 1.807) is 0 Å². The van der Waals surface area contributed by atoms with Crippen LogP contribution >= 0.6 is 0 Å². The molecule has 2 aromatic rings. The van der Waals surface area contributed by atoms with Gasteiger partial charge in [-0.2, -0.15) is 15.0 Å². The van der Waals surface area contributed by atoms with Gasteiger partial charge in [0.1, 0.15) is 0 Å². The third kappa shape index (κ3) is 3.81. The maximum atomic E-state index is 4.35. The van der Waals surface area contributed by atoms with E-state index in [0.29, 0.717) is 17.8 Å². The maximum absolute atomic E-state index is 4.35. The lowest BCUT2D eigenvalue weighted by Crippen LogP contribution is -2.10. The van der Waals surface area contributed by atoms with Crippen LogP contribution < -0.4 is 16.0 Å². The largest absolute Gasteiger partial charge is 0.354 e. The standard InChI is InChI=1S/C14H20N6/c1-4-15-12-18-13(16-5-2)20-14(19-12)17-11-8-6-7-10(3)9-11/h6-9H,4-5H2,1-3H3,(H3,15,16,17,18,19,20). The molecule has 3 N–H and O–H groups in total. The average molecular weight is 272 g/mol. The Morgan fingerprint density at radius 3 is 2.05 bits per heavy atom. The highest BCUT2D eigenvalue weighted by atomic mass is 15.3. The van der Waals surface area contributed by atoms with E-state index in [9.17, 15) is 0 Å². The smallest absolute Gasteiger partial charge is 0.233 e. The van der Waals surface area contributed by atoms with Crippen LogP contribution in [-0.2, 0) is 0 Å². The highest BCUT2D eigenvalue weighted by molar-refractivity contribution is 5.56. The van der Waals surface area contributed by atoms with Crippen LogP contribution in [0.2, 0.25) is 0 Å². The molecule has 0 amide bonds. The second-order valence-electron chi connectivity index (χ2n) is 4.36. The van der Waals surface area contributed by atoms with Crippen LogP contribution in [0.25, 0.3) is 0 Å². The van der Waals surface area contributed by atoms with E-state index in [2.05, 4.69) is 30.9 Å². The molecule has 1 aromatic heterocycles. The molecular formula is C14H20N6. The molecule has 6 nitrogen and oxygen atoms in total. The molecular weight excluding hydrogens is 252 g/mol. The number of rotatable bonds is 6. The van der Waals surface area contributed by atoms with Crippen LogP contribution in [0.4, 0.5) is 23.5 Å². The van der Waals surface area contributed by atoms with E-state index < -0.39 is 0 Å². The van der Waals surface area contributed by atoms with Crippen LogP contribution in [0, 0.1) is 6.92 Å². The number of nitrogens with zero attached hydrogens (tertiary/aromatic N) is 3. The highest BCUT2D eigenvalue weighted by Gasteiger charge is 2.05. The van der Waals surface area contributed by atoms with Gasteiger partial charge in [0, 0.05) is 18.8 Å². The summed E-state index contributed by atoms with van der Waals surface area (Å²) in [5.74, 6) is 1.65. The molecule has 0 aliphatic rings. The second kappa shape index (κ2) is 6.70. The van der Waals surface area contributed by atoms with Crippen molar-refractivity contribution in [3.63, 3.8) is 0 Å². The van der Waals surface area contributed by atoms with Crippen molar-refractivity contribution in [3.8, 4) is 0 Å². The monoisotopic (exact) mass is 272 g/mol. The third-order valence-corrected chi connectivity index (χ3v) is 2.58. The van der Waals surface area contributed by atoms with Crippen molar-refractivity contribution in [2.24, 2.45) is 0 Å². The van der Waals surface area contributed by atoms with Crippen molar-refractivity contribution >= 4 is 23.5 Å². The molecule has 0 unspecified atom stereocenters. The number of hydrogen-bond donors (Lipinski definition) is 3. The third-order valence-electron chi connectivity index (χ3n) is 2.58. The summed E-state index contributed by atoms with van der Waals surface area (Å²) in [7, 11) is 0. The van der Waals surface area contributed by atoms with Crippen molar-refractivity contribution < 1.29 is 0 Å². The molecule has 106 valence electrons. The van der Waals surface area contributed by atoms with E-state index in [4.69, 9.17) is 0 Å². The van der Waals surface area contributed by atoms with Gasteiger partial charge in [0.15, 0.2) is 0 Å². The SMILES string of the molecule is CCNc1nc(NCC)nc(Nc2cccc(C)c2)n1. The Labute approximate surface area is 119 Å². The van der Waals surface area contributed by atoms with Crippen LogP contribution in [0.3, 0.4) is 0 Å². The molecule has 0 saturated heterocycles. The zero-order chi connectivity index (χ0) is 14.4. The second-order valence-corrected chi connectivity index (χ2v) is 4.36. The molecule has 0 radical (unpaired) electrons. The van der Waals surface area contributed by atoms with Gasteiger partial charge in [0.25, 0.3) is 0 Å². The molecule has 0 saturated carbocycles. The average Bonchev–Trinajstić information content (AvgIpc) is 2.39. The molecule has 0 fully saturated rings. The molecule has 6 heteroatoms. The van der Waals surface area contributed by atoms with E-state index in [1.807, 2.05) is 45.0 Å². The molecule has 1 aromatic carbocycles. The van der Waals surface area contributed by atoms with Crippen LogP contribution in [-0.4, -0.2) is 28.0 Å². The lowest BCUT2D eigenvalue weighted by atomic mass is 10.2. The van der Waals surface area contributed by atoms with Gasteiger partial charge < -0.3 is 16.0 Å². The molecule has 1 heterocycles. The first-order valence-corrected chi connectivity index (χ1v) is 6.78. The molecule has 0 bridgehead atoms. The zero-order valence-corrected chi connectivity index (χ0v) is 12.1. The predicted octanol–water partition coefficient (Wildman–Crippen LogP) is 2.79. The van der Waals surface area contributed by atoms with Gasteiger partial charge in [-0.3, -0.25) is 0 Å². The summed E-state index contributed by atoms with van der Waals surface area (Å²) in [5.41, 5.74) is 2.14. The molecule has 0 aliphatic carbocycles. The number of aryl methyl sites for hydroxylation is 1. The summed E-state index contributed by atoms with van der Waals surface area (Å²) in [4.78, 5) is 13.0. The summed E-state index contributed by atoms with van der Waals surface area (Å²) in [6, 6.07) is 8.07. The minimum atomic E-state index is 0.525. The Bertz CT molecular complexity index is 545. The predicted molar refractivity (Wildman–Crippen MR) is 82.6 cm³/mol. The van der Waals surface area contributed by atoms with Gasteiger partial charge in [-0.25, -0.2) is 0 Å². The topological polar surface area (TPSA) is 74.8 Å². The number of anilines is 4. The Balaban J connectivity index is 2.25. The van der Waals surface area contributed by atoms with E-state index in [0.717, 1.165) is 18.8 Å². The molecule has 2 rings (SSSR count). The summed E-state index contributed by atoms with van der Waals surface area (Å²) in [6.07, 6.45) is 0. The summed E-state index contributed by atoms with van der Waals surface area (Å²) in [5, 5.41) is 9.40. The normalized spacial score (nSPS) is 10.2. The minimum Gasteiger partial charge on any atom is -0.354 e. The van der Waals surface area contributed by atoms with E-state index >= 15 is 0 Å². The number of hydrogen-bond acceptors (Lipinski definition) is 6. The molecule has 20 heavy (non-hydrogen) atoms. The molecule has 0 spiro atoms. The fraction of sp³-hybridized carbons (Fsp3) is 0.357. The number of aromatic nitrogens is 3. The first-order chi connectivity index (χ1) is 9.71. The van der Waals surface area contributed by atoms with Crippen LogP contribution in [0.5, 0.6) is 0 Å². The van der Waals surface area contributed by atoms with Gasteiger partial charge >= 0.3 is 0 Å². The quantitative estimate of drug-likeness (QED) is 0.751. The van der Waals surface area contributed by atoms with Crippen molar-refractivity contribution in [3.05, 3.63) is 29.8 Å².